The van der Waals surface area contributed by atoms with Gasteiger partial charge in [-0.3, -0.25) is 4.72 Å². The smallest absolute Gasteiger partial charge is 0.264 e. The van der Waals surface area contributed by atoms with Gasteiger partial charge in [-0.25, -0.2) is 32.2 Å². The molecule has 8 nitrogen and oxygen atoms in total. The number of aryl methyl sites for hydroxylation is 1. The number of pyridine rings is 1. The Morgan fingerprint density at radius 3 is 2.42 bits per heavy atom. The molecule has 0 aliphatic carbocycles. The van der Waals surface area contributed by atoms with Gasteiger partial charge in [0.05, 0.1) is 14.2 Å². The molecule has 11 heteroatoms. The van der Waals surface area contributed by atoms with E-state index in [1.165, 1.54) is 32.8 Å². The van der Waals surface area contributed by atoms with Crippen molar-refractivity contribution in [3.63, 3.8) is 0 Å². The topological polar surface area (TPSA) is 103 Å². The van der Waals surface area contributed by atoms with Gasteiger partial charge in [0, 0.05) is 28.9 Å². The number of aromatic nitrogens is 3. The van der Waals surface area contributed by atoms with Gasteiger partial charge in [0.1, 0.15) is 39.8 Å². The van der Waals surface area contributed by atoms with Crippen molar-refractivity contribution in [2.45, 2.75) is 11.8 Å². The predicted octanol–water partition coefficient (Wildman–Crippen LogP) is 4.10. The van der Waals surface area contributed by atoms with Crippen molar-refractivity contribution in [2.24, 2.45) is 0 Å². The second-order valence-electron chi connectivity index (χ2n) is 6.99. The first kappa shape index (κ1) is 22.3. The molecule has 2 aromatic heterocycles. The Morgan fingerprint density at radius 1 is 0.939 bits per heavy atom. The van der Waals surface area contributed by atoms with Crippen molar-refractivity contribution in [1.29, 1.82) is 0 Å². The van der Waals surface area contributed by atoms with Crippen LogP contribution in [0.5, 0.6) is 11.6 Å². The Kier molecular flexibility index (Phi) is 5.81. The molecule has 0 amide bonds. The van der Waals surface area contributed by atoms with E-state index in [1.54, 1.807) is 6.07 Å². The number of sulfonamides is 1. The zero-order chi connectivity index (χ0) is 23.8. The van der Waals surface area contributed by atoms with E-state index in [2.05, 4.69) is 19.7 Å². The van der Waals surface area contributed by atoms with Crippen LogP contribution in [-0.2, 0) is 10.0 Å². The van der Waals surface area contributed by atoms with Gasteiger partial charge in [-0.05, 0) is 42.8 Å². The standard InChI is InChI=1S/C22H18F2N4O4S/c1-12-16-6-13(8-19(31-2)21(16)27-11-26-12)14-7-18(22(32-3)25-10-14)28-33(29,30)20-5-4-15(23)9-17(20)24/h4-11,28H,1-3H3. The minimum Gasteiger partial charge on any atom is -0.494 e. The molecule has 0 saturated heterocycles. The van der Waals surface area contributed by atoms with Gasteiger partial charge in [0.2, 0.25) is 5.88 Å². The minimum atomic E-state index is -4.40. The van der Waals surface area contributed by atoms with Crippen molar-refractivity contribution >= 4 is 26.6 Å². The van der Waals surface area contributed by atoms with Crippen molar-refractivity contribution in [2.75, 3.05) is 18.9 Å². The highest BCUT2D eigenvalue weighted by Crippen LogP contribution is 2.35. The molecule has 2 heterocycles. The summed E-state index contributed by atoms with van der Waals surface area (Å²) < 4.78 is 65.8. The third-order valence-corrected chi connectivity index (χ3v) is 6.33. The average molecular weight is 472 g/mol. The lowest BCUT2D eigenvalue weighted by molar-refractivity contribution is 0.400. The van der Waals surface area contributed by atoms with E-state index in [1.807, 2.05) is 13.0 Å². The molecule has 0 radical (unpaired) electrons. The predicted molar refractivity (Wildman–Crippen MR) is 118 cm³/mol. The normalized spacial score (nSPS) is 11.4. The second-order valence-corrected chi connectivity index (χ2v) is 8.65. The summed E-state index contributed by atoms with van der Waals surface area (Å²) in [5, 5.41) is 0.748. The molecule has 33 heavy (non-hydrogen) atoms. The summed E-state index contributed by atoms with van der Waals surface area (Å²) in [6, 6.07) is 7.24. The van der Waals surface area contributed by atoms with Crippen molar-refractivity contribution in [1.82, 2.24) is 15.0 Å². The van der Waals surface area contributed by atoms with Gasteiger partial charge in [0.15, 0.2) is 0 Å². The van der Waals surface area contributed by atoms with Crippen LogP contribution >= 0.6 is 0 Å². The molecule has 0 saturated carbocycles. The molecule has 4 rings (SSSR count). The van der Waals surface area contributed by atoms with Crippen LogP contribution in [0.25, 0.3) is 22.0 Å². The molecule has 0 aliphatic heterocycles. The van der Waals surface area contributed by atoms with Gasteiger partial charge < -0.3 is 9.47 Å². The molecule has 170 valence electrons. The zero-order valence-corrected chi connectivity index (χ0v) is 18.6. The number of fused-ring (bicyclic) bond motifs is 1. The SMILES string of the molecule is COc1ncc(-c2cc(OC)c3ncnc(C)c3c2)cc1NS(=O)(=O)c1ccc(F)cc1F. The molecule has 1 N–H and O–H groups in total. The maximum atomic E-state index is 14.1. The third kappa shape index (κ3) is 4.27. The van der Waals surface area contributed by atoms with E-state index in [-0.39, 0.29) is 11.6 Å². The number of nitrogens with zero attached hydrogens (tertiary/aromatic N) is 3. The molecule has 0 unspecified atom stereocenters. The molecule has 0 spiro atoms. The number of anilines is 1. The summed E-state index contributed by atoms with van der Waals surface area (Å²) in [4.78, 5) is 11.9. The van der Waals surface area contributed by atoms with E-state index in [0.717, 1.165) is 23.2 Å². The Morgan fingerprint density at radius 2 is 1.73 bits per heavy atom. The highest BCUT2D eigenvalue weighted by molar-refractivity contribution is 7.92. The third-order valence-electron chi connectivity index (χ3n) is 4.93. The largest absolute Gasteiger partial charge is 0.494 e. The Labute approximate surface area is 188 Å². The maximum absolute atomic E-state index is 14.1. The van der Waals surface area contributed by atoms with Crippen LogP contribution < -0.4 is 14.2 Å². The fourth-order valence-corrected chi connectivity index (χ4v) is 4.43. The monoisotopic (exact) mass is 472 g/mol. The summed E-state index contributed by atoms with van der Waals surface area (Å²) in [6.07, 6.45) is 2.94. The first-order valence-corrected chi connectivity index (χ1v) is 11.0. The lowest BCUT2D eigenvalue weighted by Crippen LogP contribution is -2.15. The number of rotatable bonds is 6. The number of nitrogens with one attached hydrogen (secondary N) is 1. The molecule has 0 bridgehead atoms. The van der Waals surface area contributed by atoms with Crippen molar-refractivity contribution in [3.8, 4) is 22.8 Å². The summed E-state index contributed by atoms with van der Waals surface area (Å²) in [5.41, 5.74) is 2.51. The summed E-state index contributed by atoms with van der Waals surface area (Å²) >= 11 is 0. The highest BCUT2D eigenvalue weighted by Gasteiger charge is 2.22. The fourth-order valence-electron chi connectivity index (χ4n) is 3.32. The fraction of sp³-hybridized carbons (Fsp3) is 0.136. The van der Waals surface area contributed by atoms with Gasteiger partial charge in [-0.2, -0.15) is 0 Å². The summed E-state index contributed by atoms with van der Waals surface area (Å²) in [7, 11) is -1.57. The van der Waals surface area contributed by atoms with E-state index < -0.39 is 26.6 Å². The van der Waals surface area contributed by atoms with Crippen LogP contribution in [0, 0.1) is 18.6 Å². The van der Waals surface area contributed by atoms with Crippen LogP contribution in [0.3, 0.4) is 0 Å². The van der Waals surface area contributed by atoms with Gasteiger partial charge in [-0.1, -0.05) is 0 Å². The van der Waals surface area contributed by atoms with E-state index in [9.17, 15) is 17.2 Å². The van der Waals surface area contributed by atoms with Gasteiger partial charge in [0.25, 0.3) is 10.0 Å². The number of methoxy groups -OCH3 is 2. The molecular formula is C22H18F2N4O4S. The zero-order valence-electron chi connectivity index (χ0n) is 17.8. The first-order valence-electron chi connectivity index (χ1n) is 9.55. The van der Waals surface area contributed by atoms with Crippen LogP contribution in [-0.4, -0.2) is 37.6 Å². The Hall–Kier alpha value is -3.86. The lowest BCUT2D eigenvalue weighted by Gasteiger charge is -2.14. The van der Waals surface area contributed by atoms with E-state index in [4.69, 9.17) is 9.47 Å². The Balaban J connectivity index is 1.82. The first-order chi connectivity index (χ1) is 15.7. The van der Waals surface area contributed by atoms with E-state index in [0.29, 0.717) is 28.5 Å². The maximum Gasteiger partial charge on any atom is 0.264 e. The number of benzene rings is 2. The van der Waals surface area contributed by atoms with Crippen molar-refractivity contribution in [3.05, 3.63) is 66.3 Å². The van der Waals surface area contributed by atoms with Gasteiger partial charge >= 0.3 is 0 Å². The summed E-state index contributed by atoms with van der Waals surface area (Å²) in [5.74, 6) is -1.64. The van der Waals surface area contributed by atoms with E-state index >= 15 is 0 Å². The molecular weight excluding hydrogens is 454 g/mol. The number of hydrogen-bond acceptors (Lipinski definition) is 7. The molecule has 2 aromatic carbocycles. The number of ether oxygens (including phenoxy) is 2. The van der Waals surface area contributed by atoms with Crippen LogP contribution in [0.4, 0.5) is 14.5 Å². The Bertz CT molecular complexity index is 1480. The lowest BCUT2D eigenvalue weighted by atomic mass is 10.0. The average Bonchev–Trinajstić information content (AvgIpc) is 2.78. The number of hydrogen-bond donors (Lipinski definition) is 1. The van der Waals surface area contributed by atoms with Crippen LogP contribution in [0.15, 0.2) is 53.8 Å². The quantitative estimate of drug-likeness (QED) is 0.451. The number of halogens is 2. The van der Waals surface area contributed by atoms with Crippen LogP contribution in [0.1, 0.15) is 5.69 Å². The van der Waals surface area contributed by atoms with Crippen molar-refractivity contribution < 1.29 is 26.7 Å². The minimum absolute atomic E-state index is 0.0289. The highest BCUT2D eigenvalue weighted by atomic mass is 32.2. The molecule has 0 aliphatic rings. The van der Waals surface area contributed by atoms with Crippen LogP contribution in [0.2, 0.25) is 0 Å². The molecule has 4 aromatic rings. The summed E-state index contributed by atoms with van der Waals surface area (Å²) in [6.45, 7) is 1.83. The van der Waals surface area contributed by atoms with Gasteiger partial charge in [-0.15, -0.1) is 0 Å². The second kappa shape index (κ2) is 8.58. The molecule has 0 fully saturated rings. The molecule has 0 atom stereocenters.